The second-order valence-corrected chi connectivity index (χ2v) is 12.2. The number of aryl methyl sites for hydroxylation is 1. The van der Waals surface area contributed by atoms with E-state index in [1.165, 1.54) is 4.90 Å². The number of nitrogens with two attached hydrogens (primary N) is 1. The topological polar surface area (TPSA) is 203 Å². The molecule has 2 aromatic rings. The average molecular weight is 621 g/mol. The molecular weight excluding hydrogens is 584 g/mol. The maximum atomic E-state index is 14.1. The fourth-order valence-electron chi connectivity index (χ4n) is 6.80. The number of carbonyl (C=O) groups excluding carboxylic acids is 4. The van der Waals surface area contributed by atoms with Gasteiger partial charge < -0.3 is 41.1 Å². The van der Waals surface area contributed by atoms with Crippen LogP contribution < -0.4 is 20.7 Å². The molecule has 0 bridgehead atoms. The third-order valence-electron chi connectivity index (χ3n) is 8.91. The monoisotopic (exact) mass is 620 g/mol. The van der Waals surface area contributed by atoms with Gasteiger partial charge in [-0.05, 0) is 63.5 Å². The zero-order valence-electron chi connectivity index (χ0n) is 25.5. The van der Waals surface area contributed by atoms with Gasteiger partial charge in [-0.3, -0.25) is 19.3 Å². The molecule has 0 spiro atoms. The van der Waals surface area contributed by atoms with E-state index < -0.39 is 69.9 Å². The van der Waals surface area contributed by atoms with Crippen molar-refractivity contribution < 1.29 is 44.3 Å². The van der Waals surface area contributed by atoms with E-state index in [-0.39, 0.29) is 36.1 Å². The molecule has 3 aliphatic rings. The van der Waals surface area contributed by atoms with Crippen molar-refractivity contribution in [3.05, 3.63) is 75.3 Å². The van der Waals surface area contributed by atoms with Gasteiger partial charge in [-0.15, -0.1) is 0 Å². The van der Waals surface area contributed by atoms with E-state index in [9.17, 15) is 39.6 Å². The van der Waals surface area contributed by atoms with Crippen LogP contribution in [0.25, 0.3) is 0 Å². The number of anilines is 1. The van der Waals surface area contributed by atoms with E-state index in [0.29, 0.717) is 17.0 Å². The van der Waals surface area contributed by atoms with E-state index in [2.05, 4.69) is 5.32 Å². The van der Waals surface area contributed by atoms with Gasteiger partial charge in [0.05, 0.1) is 11.6 Å². The molecule has 3 aliphatic carbocycles. The Hall–Kier alpha value is -4.88. The molecular formula is C32H36N4O9. The minimum absolute atomic E-state index is 0.0203. The number of rotatable bonds is 6. The number of allylic oxidation sites excluding steroid dienone is 1. The number of phenols is 1. The van der Waals surface area contributed by atoms with Crippen LogP contribution in [0.5, 0.6) is 11.5 Å². The molecule has 2 amide bonds. The molecule has 45 heavy (non-hydrogen) atoms. The number of hydrogen-bond donors (Lipinski definition) is 6. The molecule has 0 radical (unpaired) electrons. The maximum absolute atomic E-state index is 14.1. The van der Waals surface area contributed by atoms with Gasteiger partial charge in [-0.2, -0.15) is 0 Å². The van der Waals surface area contributed by atoms with E-state index in [4.69, 9.17) is 10.5 Å². The molecule has 13 heteroatoms. The second-order valence-electron chi connectivity index (χ2n) is 12.2. The molecule has 0 saturated carbocycles. The normalized spacial score (nSPS) is 24.2. The number of hydrogen-bond acceptors (Lipinski definition) is 11. The van der Waals surface area contributed by atoms with Gasteiger partial charge in [-0.25, -0.2) is 4.79 Å². The first-order valence-electron chi connectivity index (χ1n) is 14.3. The number of phenolic OH excluding ortho intramolecular Hbond substituents is 1. The lowest BCUT2D eigenvalue weighted by atomic mass is 9.58. The lowest BCUT2D eigenvalue weighted by Crippen LogP contribution is -2.63. The number of aliphatic hydroxyl groups excluding tert-OH is 2. The van der Waals surface area contributed by atoms with Crippen molar-refractivity contribution in [3.8, 4) is 11.5 Å². The molecule has 0 aromatic heterocycles. The average Bonchev–Trinajstić information content (AvgIpc) is 2.95. The van der Waals surface area contributed by atoms with Crippen molar-refractivity contribution in [3.63, 3.8) is 0 Å². The Bertz CT molecular complexity index is 1690. The molecule has 0 unspecified atom stereocenters. The zero-order chi connectivity index (χ0) is 33.1. The Morgan fingerprint density at radius 2 is 1.73 bits per heavy atom. The van der Waals surface area contributed by atoms with E-state index >= 15 is 0 Å². The highest BCUT2D eigenvalue weighted by Gasteiger charge is 2.63. The number of nitrogens with zero attached hydrogens (tertiary/aromatic N) is 2. The summed E-state index contributed by atoms with van der Waals surface area (Å²) in [5, 5.41) is 48.2. The summed E-state index contributed by atoms with van der Waals surface area (Å²) in [6.45, 7) is 1.68. The van der Waals surface area contributed by atoms with Crippen molar-refractivity contribution in [2.75, 3.05) is 33.1 Å². The first kappa shape index (κ1) is 31.5. The third-order valence-corrected chi connectivity index (χ3v) is 8.91. The number of Topliss-reactive ketones (excluding diaryl/α,β-unsaturated/α-hetero) is 2. The largest absolute Gasteiger partial charge is 0.510 e. The van der Waals surface area contributed by atoms with Gasteiger partial charge in [0.25, 0.3) is 5.91 Å². The minimum atomic E-state index is -2.73. The van der Waals surface area contributed by atoms with E-state index in [0.717, 1.165) is 5.56 Å². The summed E-state index contributed by atoms with van der Waals surface area (Å²) in [6, 6.07) is 7.39. The van der Waals surface area contributed by atoms with Crippen LogP contribution in [0.15, 0.2) is 53.0 Å². The second kappa shape index (κ2) is 11.2. The van der Waals surface area contributed by atoms with Crippen molar-refractivity contribution >= 4 is 29.3 Å². The van der Waals surface area contributed by atoms with Crippen LogP contribution in [0, 0.1) is 18.8 Å². The maximum Gasteiger partial charge on any atom is 0.412 e. The predicted molar refractivity (Wildman–Crippen MR) is 162 cm³/mol. The Morgan fingerprint density at radius 3 is 2.31 bits per heavy atom. The molecule has 2 aromatic carbocycles. The van der Waals surface area contributed by atoms with Gasteiger partial charge in [0.2, 0.25) is 5.78 Å². The molecule has 7 N–H and O–H groups in total. The number of likely N-dealkylation sites (N-methyl/N-ethyl adjacent to an activating group) is 1. The molecule has 4 atom stereocenters. The third kappa shape index (κ3) is 4.97. The van der Waals surface area contributed by atoms with Gasteiger partial charge >= 0.3 is 6.09 Å². The lowest BCUT2D eigenvalue weighted by Gasteiger charge is -2.50. The Labute approximate surface area is 259 Å². The van der Waals surface area contributed by atoms with Crippen molar-refractivity contribution in [1.82, 2.24) is 10.2 Å². The Morgan fingerprint density at radius 1 is 1.09 bits per heavy atom. The van der Waals surface area contributed by atoms with Crippen LogP contribution in [0.1, 0.15) is 33.5 Å². The van der Waals surface area contributed by atoms with Crippen LogP contribution in [-0.4, -0.2) is 88.7 Å². The van der Waals surface area contributed by atoms with Crippen LogP contribution in [0.3, 0.4) is 0 Å². The van der Waals surface area contributed by atoms with Crippen LogP contribution in [-0.2, 0) is 22.6 Å². The summed E-state index contributed by atoms with van der Waals surface area (Å²) in [4.78, 5) is 55.6. The summed E-state index contributed by atoms with van der Waals surface area (Å²) in [6.07, 6.45) is -0.672. The number of ketones is 2. The SMILES string of the molecule is Cc1ccc(OC(=O)NCc2cc(N(C)C)c3c(c2O)C(=O)C2=C(O)[C@]4(O)C(=O)C(C(N)=O)=C(O)[C@@H](N(C)C)[C@@H]4C[C@@H]2C3)cc1. The number of primary amides is 1. The number of aromatic hydroxyl groups is 1. The number of fused-ring (bicyclic) bond motifs is 3. The smallest absolute Gasteiger partial charge is 0.412 e. The number of amides is 2. The number of aliphatic hydroxyl groups is 3. The van der Waals surface area contributed by atoms with Crippen LogP contribution >= 0.6 is 0 Å². The fourth-order valence-corrected chi connectivity index (χ4v) is 6.80. The van der Waals surface area contributed by atoms with E-state index in [1.807, 2.05) is 6.92 Å². The number of nitrogens with one attached hydrogen (secondary N) is 1. The highest BCUT2D eigenvalue weighted by Crippen LogP contribution is 2.53. The first-order chi connectivity index (χ1) is 21.1. The molecule has 0 saturated heterocycles. The fraction of sp³-hybridized carbons (Fsp3) is 0.375. The number of ether oxygens (including phenoxy) is 1. The molecule has 0 heterocycles. The summed E-state index contributed by atoms with van der Waals surface area (Å²) in [5.41, 5.74) is 3.59. The summed E-state index contributed by atoms with van der Waals surface area (Å²) in [5.74, 6) is -6.94. The van der Waals surface area contributed by atoms with Gasteiger partial charge in [0.15, 0.2) is 11.4 Å². The first-order valence-corrected chi connectivity index (χ1v) is 14.3. The van der Waals surface area contributed by atoms with Gasteiger partial charge in [-0.1, -0.05) is 17.7 Å². The van der Waals surface area contributed by atoms with Gasteiger partial charge in [0.1, 0.15) is 28.6 Å². The highest BCUT2D eigenvalue weighted by atomic mass is 16.6. The molecule has 0 aliphatic heterocycles. The predicted octanol–water partition coefficient (Wildman–Crippen LogP) is 1.78. The van der Waals surface area contributed by atoms with Gasteiger partial charge in [0, 0.05) is 43.4 Å². The van der Waals surface area contributed by atoms with Crippen LogP contribution in [0.2, 0.25) is 0 Å². The Balaban J connectivity index is 1.56. The Kier molecular flexibility index (Phi) is 7.88. The number of benzene rings is 2. The van der Waals surface area contributed by atoms with E-state index in [1.54, 1.807) is 63.4 Å². The van der Waals surface area contributed by atoms with Crippen LogP contribution in [0.4, 0.5) is 10.5 Å². The quantitative estimate of drug-likeness (QED) is 0.257. The summed E-state index contributed by atoms with van der Waals surface area (Å²) in [7, 11) is 6.64. The molecule has 13 nitrogen and oxygen atoms in total. The van der Waals surface area contributed by atoms with Crippen molar-refractivity contribution in [2.24, 2.45) is 17.6 Å². The summed E-state index contributed by atoms with van der Waals surface area (Å²) < 4.78 is 5.29. The number of carbonyl (C=O) groups is 4. The highest BCUT2D eigenvalue weighted by molar-refractivity contribution is 6.25. The summed E-state index contributed by atoms with van der Waals surface area (Å²) >= 11 is 0. The molecule has 5 rings (SSSR count). The van der Waals surface area contributed by atoms with Crippen molar-refractivity contribution in [2.45, 2.75) is 38.0 Å². The molecule has 238 valence electrons. The van der Waals surface area contributed by atoms with Crippen molar-refractivity contribution in [1.29, 1.82) is 0 Å². The molecule has 0 fully saturated rings. The zero-order valence-corrected chi connectivity index (χ0v) is 25.5. The minimum Gasteiger partial charge on any atom is -0.510 e. The standard InChI is InChI=1S/C32H36N4O9/c1-14-6-8-17(9-7-14)45-31(43)34-13-16-12-20(35(2)3)18-10-15-11-19-24(36(4)5)27(39)23(30(33)42)29(41)32(19,44)28(40)21(15)26(38)22(18)25(16)37/h6-9,12,15,19,24,37,39-40,44H,10-11,13H2,1-5H3,(H2,33,42)(H,34,43)/t15-,19-,24-,32-/m0/s1. The lowest BCUT2D eigenvalue weighted by molar-refractivity contribution is -0.148.